The van der Waals surface area contributed by atoms with Crippen LogP contribution in [0.1, 0.15) is 12.8 Å². The first-order chi connectivity index (χ1) is 9.34. The van der Waals surface area contributed by atoms with Crippen molar-refractivity contribution in [3.05, 3.63) is 30.7 Å². The summed E-state index contributed by atoms with van der Waals surface area (Å²) in [6, 6.07) is 4.54. The summed E-state index contributed by atoms with van der Waals surface area (Å²) in [6.07, 6.45) is 7.97. The van der Waals surface area contributed by atoms with Crippen molar-refractivity contribution < 1.29 is 0 Å². The molecule has 0 unspecified atom stereocenters. The Labute approximate surface area is 113 Å². The number of nitrogens with zero attached hydrogens (tertiary/aromatic N) is 3. The fourth-order valence-electron chi connectivity index (χ4n) is 2.51. The van der Waals surface area contributed by atoms with Gasteiger partial charge in [0.2, 0.25) is 5.95 Å². The number of aromatic nitrogens is 3. The maximum absolute atomic E-state index is 4.48. The highest BCUT2D eigenvalue weighted by atomic mass is 15.3. The molecule has 0 bridgehead atoms. The van der Waals surface area contributed by atoms with Crippen molar-refractivity contribution in [2.45, 2.75) is 18.9 Å². The van der Waals surface area contributed by atoms with E-state index in [0.717, 1.165) is 43.1 Å². The number of H-pyrrole nitrogens is 1. The van der Waals surface area contributed by atoms with Crippen LogP contribution in [0.25, 0.3) is 11.3 Å². The average molecular weight is 257 g/mol. The number of rotatable bonds is 3. The molecule has 19 heavy (non-hydrogen) atoms. The molecule has 1 aliphatic rings. The lowest BCUT2D eigenvalue weighted by molar-refractivity contribution is 0.439. The van der Waals surface area contributed by atoms with E-state index in [1.54, 1.807) is 0 Å². The first-order valence-corrected chi connectivity index (χ1v) is 6.74. The molecule has 0 aliphatic carbocycles. The third-order valence-corrected chi connectivity index (χ3v) is 3.72. The zero-order chi connectivity index (χ0) is 13.1. The molecule has 1 saturated heterocycles. The van der Waals surface area contributed by atoms with Crippen LogP contribution in [0.3, 0.4) is 0 Å². The third kappa shape index (κ3) is 2.61. The molecule has 100 valence electrons. The van der Waals surface area contributed by atoms with E-state index in [9.17, 15) is 0 Å². The van der Waals surface area contributed by atoms with Gasteiger partial charge in [0.15, 0.2) is 0 Å². The van der Waals surface area contributed by atoms with E-state index in [0.29, 0.717) is 6.04 Å². The van der Waals surface area contributed by atoms with Crippen molar-refractivity contribution in [3.8, 4) is 11.3 Å². The van der Waals surface area contributed by atoms with Crippen molar-refractivity contribution in [3.63, 3.8) is 0 Å². The molecular formula is C14H19N5. The zero-order valence-corrected chi connectivity index (χ0v) is 11.1. The fourth-order valence-corrected chi connectivity index (χ4v) is 2.51. The van der Waals surface area contributed by atoms with E-state index >= 15 is 0 Å². The largest absolute Gasteiger partial charge is 0.361 e. The molecule has 3 rings (SSSR count). The highest BCUT2D eigenvalue weighted by Gasteiger charge is 2.19. The lowest BCUT2D eigenvalue weighted by atomic mass is 10.1. The molecule has 0 atom stereocenters. The van der Waals surface area contributed by atoms with Gasteiger partial charge in [-0.2, -0.15) is 0 Å². The Morgan fingerprint density at radius 3 is 2.58 bits per heavy atom. The smallest absolute Gasteiger partial charge is 0.225 e. The number of nitrogens with one attached hydrogen (secondary N) is 2. The summed E-state index contributed by atoms with van der Waals surface area (Å²) in [7, 11) is 2.08. The molecule has 2 N–H and O–H groups in total. The monoisotopic (exact) mass is 257 g/mol. The summed E-state index contributed by atoms with van der Waals surface area (Å²) in [5.74, 6) is 0.808. The third-order valence-electron chi connectivity index (χ3n) is 3.72. The molecule has 2 aromatic heterocycles. The summed E-state index contributed by atoms with van der Waals surface area (Å²) in [6.45, 7) is 2.16. The predicted molar refractivity (Wildman–Crippen MR) is 76.1 cm³/mol. The molecule has 5 heteroatoms. The van der Waals surface area contributed by atoms with Gasteiger partial charge in [-0.1, -0.05) is 0 Å². The summed E-state index contributed by atoms with van der Waals surface area (Å²) in [4.78, 5) is 14.3. The molecule has 2 aromatic rings. The highest BCUT2D eigenvalue weighted by Crippen LogP contribution is 2.19. The lowest BCUT2D eigenvalue weighted by Gasteiger charge is -2.31. The molecule has 5 nitrogen and oxygen atoms in total. The van der Waals surface area contributed by atoms with E-state index < -0.39 is 0 Å². The number of aromatic amines is 1. The Hall–Kier alpha value is -1.88. The Balaban J connectivity index is 1.74. The van der Waals surface area contributed by atoms with Crippen molar-refractivity contribution in [2.75, 3.05) is 25.0 Å². The van der Waals surface area contributed by atoms with Crippen molar-refractivity contribution in [1.82, 2.24) is 20.3 Å². The van der Waals surface area contributed by atoms with Gasteiger partial charge < -0.3 is 15.2 Å². The van der Waals surface area contributed by atoms with Crippen LogP contribution in [0.2, 0.25) is 0 Å². The fraction of sp³-hybridized carbons (Fsp3) is 0.429. The topological polar surface area (TPSA) is 56.8 Å². The van der Waals surface area contributed by atoms with E-state index in [-0.39, 0.29) is 0 Å². The van der Waals surface area contributed by atoms with Crippen LogP contribution < -0.4 is 10.2 Å². The molecule has 1 fully saturated rings. The van der Waals surface area contributed by atoms with Crippen LogP contribution in [-0.2, 0) is 0 Å². The van der Waals surface area contributed by atoms with E-state index in [2.05, 4.69) is 32.2 Å². The summed E-state index contributed by atoms with van der Waals surface area (Å²) < 4.78 is 0. The van der Waals surface area contributed by atoms with Crippen molar-refractivity contribution >= 4 is 5.95 Å². The first-order valence-electron chi connectivity index (χ1n) is 6.74. The average Bonchev–Trinajstić information content (AvgIpc) is 3.02. The standard InChI is InChI=1S/C14H19N5/c1-19(12-4-7-15-8-5-12)14-17-9-11(10-18-14)13-3-2-6-16-13/h2-3,6,9-10,12,15-16H,4-5,7-8H2,1H3. The minimum atomic E-state index is 0.539. The molecule has 0 spiro atoms. The summed E-state index contributed by atoms with van der Waals surface area (Å²) >= 11 is 0. The maximum Gasteiger partial charge on any atom is 0.225 e. The van der Waals surface area contributed by atoms with Crippen LogP contribution >= 0.6 is 0 Å². The lowest BCUT2D eigenvalue weighted by Crippen LogP contribution is -2.41. The Bertz CT molecular complexity index is 499. The van der Waals surface area contributed by atoms with Crippen LogP contribution in [0.5, 0.6) is 0 Å². The van der Waals surface area contributed by atoms with E-state index in [4.69, 9.17) is 0 Å². The SMILES string of the molecule is CN(c1ncc(-c2ccc[nH]2)cn1)C1CCNCC1. The minimum Gasteiger partial charge on any atom is -0.361 e. The maximum atomic E-state index is 4.48. The highest BCUT2D eigenvalue weighted by molar-refractivity contribution is 5.57. The van der Waals surface area contributed by atoms with Gasteiger partial charge in [0.25, 0.3) is 0 Å². The van der Waals surface area contributed by atoms with Gasteiger partial charge in [0.05, 0.1) is 0 Å². The van der Waals surface area contributed by atoms with Crippen LogP contribution in [0.4, 0.5) is 5.95 Å². The number of anilines is 1. The van der Waals surface area contributed by atoms with Crippen molar-refractivity contribution in [1.29, 1.82) is 0 Å². The molecule has 0 amide bonds. The van der Waals surface area contributed by atoms with Gasteiger partial charge in [0.1, 0.15) is 0 Å². The van der Waals surface area contributed by atoms with Gasteiger partial charge in [-0.05, 0) is 38.1 Å². The predicted octanol–water partition coefficient (Wildman–Crippen LogP) is 1.66. The molecule has 0 radical (unpaired) electrons. The first kappa shape index (κ1) is 12.2. The number of hydrogen-bond donors (Lipinski definition) is 2. The van der Waals surface area contributed by atoms with Gasteiger partial charge in [-0.25, -0.2) is 9.97 Å². The summed E-state index contributed by atoms with van der Waals surface area (Å²) in [5.41, 5.74) is 2.07. The van der Waals surface area contributed by atoms with Crippen LogP contribution in [-0.4, -0.2) is 41.1 Å². The summed E-state index contributed by atoms with van der Waals surface area (Å²) in [5, 5.41) is 3.38. The second-order valence-corrected chi connectivity index (χ2v) is 4.95. The van der Waals surface area contributed by atoms with Gasteiger partial charge in [-0.3, -0.25) is 0 Å². The van der Waals surface area contributed by atoms with Crippen LogP contribution in [0, 0.1) is 0 Å². The second-order valence-electron chi connectivity index (χ2n) is 4.95. The molecule has 3 heterocycles. The quantitative estimate of drug-likeness (QED) is 0.878. The van der Waals surface area contributed by atoms with Crippen molar-refractivity contribution in [2.24, 2.45) is 0 Å². The van der Waals surface area contributed by atoms with E-state index in [1.165, 1.54) is 0 Å². The zero-order valence-electron chi connectivity index (χ0n) is 11.1. The molecule has 0 saturated carbocycles. The van der Waals surface area contributed by atoms with Gasteiger partial charge in [0, 0.05) is 42.9 Å². The molecule has 1 aliphatic heterocycles. The number of piperidine rings is 1. The molecule has 0 aromatic carbocycles. The normalized spacial score (nSPS) is 16.5. The number of hydrogen-bond acceptors (Lipinski definition) is 4. The van der Waals surface area contributed by atoms with Crippen LogP contribution in [0.15, 0.2) is 30.7 Å². The second kappa shape index (κ2) is 5.40. The van der Waals surface area contributed by atoms with Gasteiger partial charge >= 0.3 is 0 Å². The minimum absolute atomic E-state index is 0.539. The van der Waals surface area contributed by atoms with Gasteiger partial charge in [-0.15, -0.1) is 0 Å². The van der Waals surface area contributed by atoms with E-state index in [1.807, 2.05) is 30.7 Å². The Kier molecular flexibility index (Phi) is 3.46. The molecular weight excluding hydrogens is 238 g/mol. The Morgan fingerprint density at radius 1 is 1.21 bits per heavy atom. The Morgan fingerprint density at radius 2 is 1.95 bits per heavy atom.